The van der Waals surface area contributed by atoms with Gasteiger partial charge in [0, 0.05) is 0 Å². The molecule has 12 heavy (non-hydrogen) atoms. The summed E-state index contributed by atoms with van der Waals surface area (Å²) in [4.78, 5) is 0. The molecule has 0 spiro atoms. The first kappa shape index (κ1) is 11.5. The lowest BCUT2D eigenvalue weighted by Gasteiger charge is -2.38. The molecule has 0 radical (unpaired) electrons. The Labute approximate surface area is 93.7 Å². The molecule has 0 nitrogen and oxygen atoms in total. The van der Waals surface area contributed by atoms with E-state index in [1.807, 2.05) is 0 Å². The summed E-state index contributed by atoms with van der Waals surface area (Å²) in [6, 6.07) is 9.11. The molecule has 0 bridgehead atoms. The maximum Gasteiger partial charge on any atom is 0.200 e. The molecule has 72 valence electrons. The van der Waals surface area contributed by atoms with Gasteiger partial charge in [-0.2, -0.15) is 0 Å². The van der Waals surface area contributed by atoms with Gasteiger partial charge in [0.1, 0.15) is 0 Å². The lowest BCUT2D eigenvalue weighted by molar-refractivity contribution is 1.06. The largest absolute Gasteiger partial charge is 0.200 e. The van der Waals surface area contributed by atoms with Crippen LogP contribution in [0.2, 0.25) is 36.3 Å². The van der Waals surface area contributed by atoms with Crippen LogP contribution in [0, 0.1) is 0 Å². The van der Waals surface area contributed by atoms with Crippen molar-refractivity contribution in [2.45, 2.75) is 50.1 Å². The summed E-state index contributed by atoms with van der Waals surface area (Å²) in [6.45, 7) is 4.82. The molecule has 1 heterocycles. The van der Waals surface area contributed by atoms with Crippen LogP contribution in [-0.4, -0.2) is 13.4 Å². The smallest absolute Gasteiger partial charge is 0.111 e. The molecule has 0 amide bonds. The zero-order chi connectivity index (χ0) is 9.24. The molecular formula is C8H18Br2Si2. The average Bonchev–Trinajstić information content (AvgIpc) is 2.06. The molecule has 0 saturated carbocycles. The molecule has 0 N–H and O–H groups in total. The predicted molar refractivity (Wildman–Crippen MR) is 69.6 cm³/mol. The molecule has 4 heteroatoms. The van der Waals surface area contributed by atoms with Crippen molar-refractivity contribution in [1.29, 1.82) is 0 Å². The monoisotopic (exact) mass is 328 g/mol. The first-order valence-corrected chi connectivity index (χ1v) is 14.7. The van der Waals surface area contributed by atoms with Gasteiger partial charge >= 0.3 is 0 Å². The molecule has 1 aliphatic rings. The molecule has 1 rings (SSSR count). The number of hydrogen-bond acceptors (Lipinski definition) is 0. The van der Waals surface area contributed by atoms with E-state index in [9.17, 15) is 0 Å². The van der Waals surface area contributed by atoms with Gasteiger partial charge in [-0.05, 0) is 12.1 Å². The van der Waals surface area contributed by atoms with E-state index < -0.39 is 13.4 Å². The van der Waals surface area contributed by atoms with Gasteiger partial charge in [0.15, 0.2) is 0 Å². The highest BCUT2D eigenvalue weighted by molar-refractivity contribution is 9.51. The van der Waals surface area contributed by atoms with Gasteiger partial charge in [-0.25, -0.2) is 0 Å². The van der Waals surface area contributed by atoms with Crippen molar-refractivity contribution in [3.8, 4) is 0 Å². The molecule has 0 unspecified atom stereocenters. The van der Waals surface area contributed by atoms with Gasteiger partial charge in [-0.15, -0.1) is 30.6 Å². The third-order valence-corrected chi connectivity index (χ3v) is 16.9. The molecule has 1 fully saturated rings. The second-order valence-corrected chi connectivity index (χ2v) is 24.5. The van der Waals surface area contributed by atoms with E-state index in [0.717, 1.165) is 0 Å². The number of halogens is 2. The van der Waals surface area contributed by atoms with E-state index >= 15 is 0 Å². The fraction of sp³-hybridized carbons (Fsp3) is 1.00. The van der Waals surface area contributed by atoms with E-state index in [-0.39, 0.29) is 0 Å². The number of hydrogen-bond donors (Lipinski definition) is 0. The quantitative estimate of drug-likeness (QED) is 0.508. The molecule has 1 aliphatic heterocycles. The molecule has 1 saturated heterocycles. The minimum atomic E-state index is -1.05. The van der Waals surface area contributed by atoms with Crippen LogP contribution in [-0.2, 0) is 0 Å². The van der Waals surface area contributed by atoms with E-state index in [4.69, 9.17) is 0 Å². The van der Waals surface area contributed by atoms with Crippen LogP contribution in [0.5, 0.6) is 0 Å². The Morgan fingerprint density at radius 3 is 1.67 bits per heavy atom. The Morgan fingerprint density at radius 1 is 0.917 bits per heavy atom. The predicted octanol–water partition coefficient (Wildman–Crippen LogP) is 4.72. The topological polar surface area (TPSA) is 0 Å². The fourth-order valence-electron chi connectivity index (χ4n) is 2.10. The molecule has 0 aromatic rings. The van der Waals surface area contributed by atoms with Crippen molar-refractivity contribution in [1.82, 2.24) is 0 Å². The summed E-state index contributed by atoms with van der Waals surface area (Å²) in [5.74, 6) is 0. The van der Waals surface area contributed by atoms with E-state index in [0.29, 0.717) is 0 Å². The summed E-state index contributed by atoms with van der Waals surface area (Å²) in [6.07, 6.45) is 0. The van der Waals surface area contributed by atoms with Crippen LogP contribution in [0.4, 0.5) is 0 Å². The maximum atomic E-state index is 3.88. The summed E-state index contributed by atoms with van der Waals surface area (Å²) >= 11 is 7.76. The van der Waals surface area contributed by atoms with Crippen molar-refractivity contribution in [2.75, 3.05) is 0 Å². The van der Waals surface area contributed by atoms with Gasteiger partial charge in [-0.3, -0.25) is 0 Å². The van der Waals surface area contributed by atoms with Crippen molar-refractivity contribution in [3.05, 3.63) is 0 Å². The van der Waals surface area contributed by atoms with Gasteiger partial charge < -0.3 is 0 Å². The SMILES string of the molecule is CC[Si]1(CC)CC[Si](Br)(Br)CC1. The van der Waals surface area contributed by atoms with Crippen molar-refractivity contribution < 1.29 is 0 Å². The second-order valence-electron chi connectivity index (χ2n) is 4.06. The number of rotatable bonds is 2. The van der Waals surface area contributed by atoms with Crippen LogP contribution in [0.25, 0.3) is 0 Å². The van der Waals surface area contributed by atoms with Gasteiger partial charge in [-0.1, -0.05) is 38.0 Å². The first-order chi connectivity index (χ1) is 5.54. The average molecular weight is 330 g/mol. The van der Waals surface area contributed by atoms with Crippen LogP contribution < -0.4 is 0 Å². The highest BCUT2D eigenvalue weighted by Crippen LogP contribution is 2.45. The Hall–Kier alpha value is 1.39. The summed E-state index contributed by atoms with van der Waals surface area (Å²) in [7, 11) is -0.745. The molecule has 0 aromatic carbocycles. The minimum absolute atomic E-state index is 0.745. The van der Waals surface area contributed by atoms with E-state index in [2.05, 4.69) is 44.4 Å². The summed E-state index contributed by atoms with van der Waals surface area (Å²) < 4.78 is 0. The molecule has 0 aliphatic carbocycles. The molecule has 0 aromatic heterocycles. The third-order valence-electron chi connectivity index (χ3n) is 3.54. The highest BCUT2D eigenvalue weighted by atomic mass is 79.9. The molecular weight excluding hydrogens is 312 g/mol. The van der Waals surface area contributed by atoms with Gasteiger partial charge in [0.25, 0.3) is 0 Å². The Morgan fingerprint density at radius 2 is 1.33 bits per heavy atom. The van der Waals surface area contributed by atoms with E-state index in [1.54, 1.807) is 12.1 Å². The minimum Gasteiger partial charge on any atom is -0.111 e. The zero-order valence-corrected chi connectivity index (χ0v) is 13.2. The lowest BCUT2D eigenvalue weighted by atomic mass is 10.9. The Bertz CT molecular complexity index is 143. The maximum absolute atomic E-state index is 3.88. The summed E-state index contributed by atoms with van der Waals surface area (Å²) in [5, 5.41) is -1.05. The lowest BCUT2D eigenvalue weighted by Crippen LogP contribution is -2.40. The van der Waals surface area contributed by atoms with Crippen LogP contribution in [0.15, 0.2) is 0 Å². The van der Waals surface area contributed by atoms with Crippen LogP contribution in [0.1, 0.15) is 13.8 Å². The Balaban J connectivity index is 2.53. The van der Waals surface area contributed by atoms with Gasteiger partial charge in [0.05, 0.1) is 8.07 Å². The fourth-order valence-corrected chi connectivity index (χ4v) is 18.8. The van der Waals surface area contributed by atoms with Crippen LogP contribution in [0.3, 0.4) is 0 Å². The second kappa shape index (κ2) is 4.28. The van der Waals surface area contributed by atoms with Crippen LogP contribution >= 0.6 is 30.6 Å². The Kier molecular flexibility index (Phi) is 4.09. The first-order valence-electron chi connectivity index (χ1n) is 4.91. The highest BCUT2D eigenvalue weighted by Gasteiger charge is 2.40. The van der Waals surface area contributed by atoms with Crippen molar-refractivity contribution >= 4 is 44.0 Å². The van der Waals surface area contributed by atoms with Crippen molar-refractivity contribution in [3.63, 3.8) is 0 Å². The van der Waals surface area contributed by atoms with Crippen molar-refractivity contribution in [2.24, 2.45) is 0 Å². The summed E-state index contributed by atoms with van der Waals surface area (Å²) in [5.41, 5.74) is 0. The van der Waals surface area contributed by atoms with E-state index in [1.165, 1.54) is 24.2 Å². The van der Waals surface area contributed by atoms with Gasteiger partial charge in [0.2, 0.25) is 5.31 Å². The molecule has 0 atom stereocenters. The third kappa shape index (κ3) is 2.69. The normalized spacial score (nSPS) is 27.0. The zero-order valence-electron chi connectivity index (χ0n) is 8.00. The standard InChI is InChI=1S/C8H18Br2Si2/c1-3-11(4-2)5-7-12(9,10)8-6-11/h3-8H2,1-2H3.